The van der Waals surface area contributed by atoms with Crippen molar-refractivity contribution in [3.8, 4) is 5.75 Å². The predicted octanol–water partition coefficient (Wildman–Crippen LogP) is 2.93. The minimum atomic E-state index is -0.110. The van der Waals surface area contributed by atoms with Crippen LogP contribution in [-0.2, 0) is 4.74 Å². The van der Waals surface area contributed by atoms with Crippen LogP contribution in [0.4, 0.5) is 11.5 Å². The second-order valence-corrected chi connectivity index (χ2v) is 8.65. The Morgan fingerprint density at radius 2 is 1.88 bits per heavy atom. The highest BCUT2D eigenvalue weighted by atomic mass is 16.5. The molecule has 1 aliphatic carbocycles. The average molecular weight is 449 g/mol. The van der Waals surface area contributed by atoms with Gasteiger partial charge in [-0.05, 0) is 50.3 Å². The van der Waals surface area contributed by atoms with E-state index < -0.39 is 0 Å². The average Bonchev–Trinajstić information content (AvgIpc) is 3.34. The number of nitrogens with two attached hydrogens (primary N) is 1. The molecule has 1 aliphatic heterocycles. The van der Waals surface area contributed by atoms with Crippen LogP contribution in [0, 0.1) is 0 Å². The van der Waals surface area contributed by atoms with E-state index in [1.807, 2.05) is 12.1 Å². The molecule has 2 aromatic heterocycles. The van der Waals surface area contributed by atoms with Crippen LogP contribution in [0.25, 0.3) is 11.0 Å². The molecule has 1 atom stereocenters. The number of amides is 1. The van der Waals surface area contributed by atoms with Gasteiger partial charge >= 0.3 is 0 Å². The van der Waals surface area contributed by atoms with Crippen molar-refractivity contribution in [2.45, 2.75) is 50.3 Å². The number of nitrogen functional groups attached to an aromatic ring is 1. The quantitative estimate of drug-likeness (QED) is 0.492. The highest BCUT2D eigenvalue weighted by Crippen LogP contribution is 2.30. The van der Waals surface area contributed by atoms with Crippen LogP contribution in [0.2, 0.25) is 0 Å². The van der Waals surface area contributed by atoms with Crippen LogP contribution in [0.15, 0.2) is 42.9 Å². The van der Waals surface area contributed by atoms with E-state index in [1.165, 1.54) is 0 Å². The first-order chi connectivity index (χ1) is 16.1. The summed E-state index contributed by atoms with van der Waals surface area (Å²) in [6, 6.07) is 7.70. The first kappa shape index (κ1) is 21.4. The number of carbonyl (C=O) groups excluding carboxylic acids is 1. The molecular formula is C24H28N6O3. The molecule has 9 heteroatoms. The lowest BCUT2D eigenvalue weighted by molar-refractivity contribution is 0.0929. The molecule has 0 spiro atoms. The van der Waals surface area contributed by atoms with E-state index in [4.69, 9.17) is 15.2 Å². The summed E-state index contributed by atoms with van der Waals surface area (Å²) in [7, 11) is 0. The minimum absolute atomic E-state index is 0.0880. The van der Waals surface area contributed by atoms with Gasteiger partial charge in [-0.1, -0.05) is 0 Å². The van der Waals surface area contributed by atoms with Crippen LogP contribution in [0.3, 0.4) is 0 Å². The van der Waals surface area contributed by atoms with Gasteiger partial charge in [0, 0.05) is 43.0 Å². The van der Waals surface area contributed by atoms with E-state index in [-0.39, 0.29) is 18.1 Å². The molecule has 3 aromatic rings. The number of nitrogens with one attached hydrogen (secondary N) is 2. The van der Waals surface area contributed by atoms with E-state index in [2.05, 4.69) is 25.6 Å². The lowest BCUT2D eigenvalue weighted by atomic mass is 9.93. The Morgan fingerprint density at radius 1 is 1.03 bits per heavy atom. The van der Waals surface area contributed by atoms with Gasteiger partial charge in [0.15, 0.2) is 0 Å². The van der Waals surface area contributed by atoms with Gasteiger partial charge in [-0.3, -0.25) is 9.78 Å². The van der Waals surface area contributed by atoms with Gasteiger partial charge in [0.05, 0.1) is 29.8 Å². The first-order valence-corrected chi connectivity index (χ1v) is 11.4. The third-order valence-corrected chi connectivity index (χ3v) is 6.17. The van der Waals surface area contributed by atoms with Crippen LogP contribution < -0.4 is 21.1 Å². The predicted molar refractivity (Wildman–Crippen MR) is 125 cm³/mol. The fourth-order valence-corrected chi connectivity index (χ4v) is 4.40. The number of carbonyl (C=O) groups is 1. The van der Waals surface area contributed by atoms with Crippen LogP contribution in [-0.4, -0.2) is 52.3 Å². The van der Waals surface area contributed by atoms with Crippen LogP contribution >= 0.6 is 0 Å². The standard InChI is InChI=1S/C24H28N6O3/c25-16-11-20-23(27-9-8-26-20)21(12-16)33-19-4-2-17(3-5-19)29-22-6-1-15(13-28-22)24(31)30-18-7-10-32-14-18/h1,6,8-9,11-13,17-19H,2-5,7,10,14,25H2,(H,28,29)(H,30,31)/t17?,18-,19?/m0/s1. The summed E-state index contributed by atoms with van der Waals surface area (Å²) in [5.74, 6) is 1.35. The second kappa shape index (κ2) is 9.58. The highest BCUT2D eigenvalue weighted by Gasteiger charge is 2.24. The maximum atomic E-state index is 12.3. The van der Waals surface area contributed by atoms with E-state index in [0.717, 1.165) is 49.0 Å². The van der Waals surface area contributed by atoms with Crippen molar-refractivity contribution < 1.29 is 14.3 Å². The van der Waals surface area contributed by atoms with Crippen molar-refractivity contribution in [1.29, 1.82) is 0 Å². The van der Waals surface area contributed by atoms with Gasteiger partial charge in [-0.25, -0.2) is 9.97 Å². The number of pyridine rings is 1. The molecular weight excluding hydrogens is 420 g/mol. The van der Waals surface area contributed by atoms with Crippen molar-refractivity contribution in [2.75, 3.05) is 24.3 Å². The van der Waals surface area contributed by atoms with Gasteiger partial charge in [-0.2, -0.15) is 0 Å². The van der Waals surface area contributed by atoms with Gasteiger partial charge in [0.25, 0.3) is 5.91 Å². The molecule has 33 heavy (non-hydrogen) atoms. The fourth-order valence-electron chi connectivity index (χ4n) is 4.40. The summed E-state index contributed by atoms with van der Waals surface area (Å²) in [5.41, 5.74) is 8.66. The van der Waals surface area contributed by atoms with Crippen molar-refractivity contribution in [3.05, 3.63) is 48.4 Å². The summed E-state index contributed by atoms with van der Waals surface area (Å²) in [4.78, 5) is 25.5. The van der Waals surface area contributed by atoms with Crippen molar-refractivity contribution in [3.63, 3.8) is 0 Å². The van der Waals surface area contributed by atoms with Crippen LogP contribution in [0.5, 0.6) is 5.75 Å². The molecule has 1 saturated heterocycles. The summed E-state index contributed by atoms with van der Waals surface area (Å²) in [6.45, 7) is 1.27. The number of anilines is 2. The summed E-state index contributed by atoms with van der Waals surface area (Å²) in [5, 5.41) is 6.46. The summed E-state index contributed by atoms with van der Waals surface area (Å²) < 4.78 is 11.6. The Labute approximate surface area is 192 Å². The lowest BCUT2D eigenvalue weighted by Crippen LogP contribution is -2.35. The number of ether oxygens (including phenoxy) is 2. The maximum Gasteiger partial charge on any atom is 0.253 e. The molecule has 0 unspecified atom stereocenters. The molecule has 172 valence electrons. The molecule has 1 saturated carbocycles. The Balaban J connectivity index is 1.13. The largest absolute Gasteiger partial charge is 0.488 e. The smallest absolute Gasteiger partial charge is 0.253 e. The van der Waals surface area contributed by atoms with E-state index >= 15 is 0 Å². The molecule has 2 fully saturated rings. The van der Waals surface area contributed by atoms with Crippen molar-refractivity contribution in [1.82, 2.24) is 20.3 Å². The first-order valence-electron chi connectivity index (χ1n) is 11.4. The molecule has 1 aromatic carbocycles. The SMILES string of the molecule is Nc1cc(OC2CCC(Nc3ccc(C(=O)N[C@H]4CCOC4)cn3)CC2)c2nccnc2c1. The monoisotopic (exact) mass is 448 g/mol. The molecule has 1 amide bonds. The van der Waals surface area contributed by atoms with Crippen LogP contribution in [0.1, 0.15) is 42.5 Å². The van der Waals surface area contributed by atoms with Gasteiger partial charge < -0.3 is 25.8 Å². The molecule has 9 nitrogen and oxygen atoms in total. The Kier molecular flexibility index (Phi) is 6.21. The Morgan fingerprint density at radius 3 is 2.64 bits per heavy atom. The van der Waals surface area contributed by atoms with Gasteiger partial charge in [0.1, 0.15) is 17.1 Å². The number of fused-ring (bicyclic) bond motifs is 1. The molecule has 0 radical (unpaired) electrons. The molecule has 0 bridgehead atoms. The van der Waals surface area contributed by atoms with Crippen molar-refractivity contribution >= 4 is 28.4 Å². The molecule has 5 rings (SSSR count). The normalized spacial score (nSPS) is 22.7. The molecule has 2 aliphatic rings. The fraction of sp³-hybridized carbons (Fsp3) is 0.417. The zero-order valence-electron chi connectivity index (χ0n) is 18.4. The highest BCUT2D eigenvalue weighted by molar-refractivity contribution is 5.94. The Bertz CT molecular complexity index is 1110. The number of aromatic nitrogens is 3. The number of rotatable bonds is 6. The minimum Gasteiger partial charge on any atom is -0.488 e. The van der Waals surface area contributed by atoms with Gasteiger partial charge in [0.2, 0.25) is 0 Å². The zero-order chi connectivity index (χ0) is 22.6. The summed E-state index contributed by atoms with van der Waals surface area (Å²) >= 11 is 0. The number of hydrogen-bond acceptors (Lipinski definition) is 8. The van der Waals surface area contributed by atoms with E-state index in [1.54, 1.807) is 30.7 Å². The second-order valence-electron chi connectivity index (χ2n) is 8.65. The van der Waals surface area contributed by atoms with Gasteiger partial charge in [-0.15, -0.1) is 0 Å². The third kappa shape index (κ3) is 5.14. The Hall–Kier alpha value is -3.46. The van der Waals surface area contributed by atoms with E-state index in [9.17, 15) is 4.79 Å². The van der Waals surface area contributed by atoms with Crippen molar-refractivity contribution in [2.24, 2.45) is 0 Å². The summed E-state index contributed by atoms with van der Waals surface area (Å²) in [6.07, 6.45) is 9.65. The molecule has 3 heterocycles. The van der Waals surface area contributed by atoms with E-state index in [0.29, 0.717) is 36.3 Å². The lowest BCUT2D eigenvalue weighted by Gasteiger charge is -2.30. The molecule has 4 N–H and O–H groups in total. The number of hydrogen-bond donors (Lipinski definition) is 3. The maximum absolute atomic E-state index is 12.3. The topological polar surface area (TPSA) is 124 Å². The zero-order valence-corrected chi connectivity index (χ0v) is 18.4. The number of nitrogens with zero attached hydrogens (tertiary/aromatic N) is 3. The third-order valence-electron chi connectivity index (χ3n) is 6.17. The number of benzene rings is 1.